The largest absolute Gasteiger partial charge is 0.354 e. The van der Waals surface area contributed by atoms with Gasteiger partial charge in [-0.25, -0.2) is 0 Å². The number of nitrogens with two attached hydrogens (primary N) is 1. The second-order valence-corrected chi connectivity index (χ2v) is 7.93. The van der Waals surface area contributed by atoms with Gasteiger partial charge >= 0.3 is 0 Å². The van der Waals surface area contributed by atoms with Gasteiger partial charge in [-0.3, -0.25) is 9.59 Å². The topological polar surface area (TPSA) is 75.4 Å². The molecule has 1 atom stereocenters. The van der Waals surface area contributed by atoms with Crippen LogP contribution in [0.2, 0.25) is 0 Å². The maximum absolute atomic E-state index is 12.8. The smallest absolute Gasteiger partial charge is 0.233 e. The Kier molecular flexibility index (Phi) is 7.12. The molecule has 27 heavy (non-hydrogen) atoms. The van der Waals surface area contributed by atoms with E-state index in [-0.39, 0.29) is 17.9 Å². The monoisotopic (exact) mass is 385 g/mol. The van der Waals surface area contributed by atoms with Crippen LogP contribution in [0.15, 0.2) is 47.4 Å². The van der Waals surface area contributed by atoms with E-state index in [9.17, 15) is 9.59 Å². The summed E-state index contributed by atoms with van der Waals surface area (Å²) in [5.74, 6) is 0.526. The average Bonchev–Trinajstić information content (AvgIpc) is 2.71. The number of carbonyl (C=O) groups is 2. The van der Waals surface area contributed by atoms with Crippen molar-refractivity contribution < 1.29 is 9.59 Å². The Labute approximate surface area is 164 Å². The minimum atomic E-state index is -0.0407. The molecule has 2 aromatic rings. The number of piperidine rings is 1. The SMILES string of the molecule is NCCC(=O)NCC1CCCCN1C(=O)CSc1ccc2ccccc2c1. The number of hydrogen-bond acceptors (Lipinski definition) is 4. The van der Waals surface area contributed by atoms with Crippen molar-refractivity contribution in [2.45, 2.75) is 36.6 Å². The maximum atomic E-state index is 12.8. The molecule has 0 aromatic heterocycles. The number of benzene rings is 2. The van der Waals surface area contributed by atoms with Crippen LogP contribution in [0.5, 0.6) is 0 Å². The first-order chi connectivity index (χ1) is 13.2. The van der Waals surface area contributed by atoms with Gasteiger partial charge in [-0.2, -0.15) is 0 Å². The van der Waals surface area contributed by atoms with E-state index < -0.39 is 0 Å². The van der Waals surface area contributed by atoms with Crippen LogP contribution in [0.4, 0.5) is 0 Å². The summed E-state index contributed by atoms with van der Waals surface area (Å²) < 4.78 is 0. The minimum Gasteiger partial charge on any atom is -0.354 e. The molecule has 0 radical (unpaired) electrons. The molecule has 3 N–H and O–H groups in total. The Morgan fingerprint density at radius 2 is 1.96 bits per heavy atom. The summed E-state index contributed by atoms with van der Waals surface area (Å²) in [4.78, 5) is 27.5. The molecular formula is C21H27N3O2S. The first-order valence-electron chi connectivity index (χ1n) is 9.55. The molecule has 1 unspecified atom stereocenters. The number of rotatable bonds is 7. The lowest BCUT2D eigenvalue weighted by Crippen LogP contribution is -2.50. The van der Waals surface area contributed by atoms with Crippen LogP contribution in [-0.2, 0) is 9.59 Å². The van der Waals surface area contributed by atoms with Crippen LogP contribution < -0.4 is 11.1 Å². The average molecular weight is 386 g/mol. The maximum Gasteiger partial charge on any atom is 0.233 e. The van der Waals surface area contributed by atoms with Crippen molar-refractivity contribution in [3.8, 4) is 0 Å². The number of nitrogens with zero attached hydrogens (tertiary/aromatic N) is 1. The Bertz CT molecular complexity index is 796. The normalized spacial score (nSPS) is 17.1. The summed E-state index contributed by atoms with van der Waals surface area (Å²) in [7, 11) is 0. The van der Waals surface area contributed by atoms with Gasteiger partial charge < -0.3 is 16.0 Å². The van der Waals surface area contributed by atoms with E-state index in [2.05, 4.69) is 35.6 Å². The van der Waals surface area contributed by atoms with Gasteiger partial charge in [-0.05, 0) is 42.2 Å². The molecule has 2 aromatic carbocycles. The summed E-state index contributed by atoms with van der Waals surface area (Å²) in [6.07, 6.45) is 3.40. The van der Waals surface area contributed by atoms with Crippen molar-refractivity contribution in [2.75, 3.05) is 25.4 Å². The van der Waals surface area contributed by atoms with E-state index in [1.54, 1.807) is 11.8 Å². The van der Waals surface area contributed by atoms with Crippen LogP contribution >= 0.6 is 11.8 Å². The van der Waals surface area contributed by atoms with Gasteiger partial charge in [0, 0.05) is 37.0 Å². The lowest BCUT2D eigenvalue weighted by molar-refractivity contribution is -0.132. The fraction of sp³-hybridized carbons (Fsp3) is 0.429. The zero-order chi connectivity index (χ0) is 19.1. The number of nitrogens with one attached hydrogen (secondary N) is 1. The van der Waals surface area contributed by atoms with Gasteiger partial charge in [0.2, 0.25) is 11.8 Å². The summed E-state index contributed by atoms with van der Waals surface area (Å²) in [6.45, 7) is 1.64. The molecule has 2 amide bonds. The van der Waals surface area contributed by atoms with Crippen molar-refractivity contribution in [1.82, 2.24) is 10.2 Å². The number of fused-ring (bicyclic) bond motifs is 1. The van der Waals surface area contributed by atoms with E-state index in [1.165, 1.54) is 10.8 Å². The predicted octanol–water partition coefficient (Wildman–Crippen LogP) is 2.78. The third-order valence-electron chi connectivity index (χ3n) is 4.94. The van der Waals surface area contributed by atoms with Crippen molar-refractivity contribution in [1.29, 1.82) is 0 Å². The first kappa shape index (κ1) is 19.7. The molecule has 0 spiro atoms. The van der Waals surface area contributed by atoms with Gasteiger partial charge in [0.25, 0.3) is 0 Å². The Balaban J connectivity index is 1.56. The molecule has 0 bridgehead atoms. The number of thioether (sulfide) groups is 1. The highest BCUT2D eigenvalue weighted by Gasteiger charge is 2.26. The predicted molar refractivity (Wildman–Crippen MR) is 111 cm³/mol. The van der Waals surface area contributed by atoms with Crippen LogP contribution in [0.25, 0.3) is 10.8 Å². The second-order valence-electron chi connectivity index (χ2n) is 6.88. The second kappa shape index (κ2) is 9.76. The number of likely N-dealkylation sites (tertiary alicyclic amines) is 1. The lowest BCUT2D eigenvalue weighted by Gasteiger charge is -2.36. The standard InChI is InChI=1S/C21H27N3O2S/c22-11-10-20(25)23-14-18-7-3-4-12-24(18)21(26)15-27-19-9-8-16-5-1-2-6-17(16)13-19/h1-2,5-6,8-9,13,18H,3-4,7,10-12,14-15,22H2,(H,23,25). The molecule has 1 heterocycles. The number of carbonyl (C=O) groups excluding carboxylic acids is 2. The fourth-order valence-electron chi connectivity index (χ4n) is 3.48. The molecule has 1 aliphatic heterocycles. The molecule has 6 heteroatoms. The highest BCUT2D eigenvalue weighted by Crippen LogP contribution is 2.25. The summed E-state index contributed by atoms with van der Waals surface area (Å²) in [6, 6.07) is 14.6. The molecule has 5 nitrogen and oxygen atoms in total. The quantitative estimate of drug-likeness (QED) is 0.719. The van der Waals surface area contributed by atoms with Crippen molar-refractivity contribution in [2.24, 2.45) is 5.73 Å². The summed E-state index contributed by atoms with van der Waals surface area (Å²) >= 11 is 1.58. The highest BCUT2D eigenvalue weighted by molar-refractivity contribution is 8.00. The zero-order valence-electron chi connectivity index (χ0n) is 15.5. The summed E-state index contributed by atoms with van der Waals surface area (Å²) in [5.41, 5.74) is 5.42. The van der Waals surface area contributed by atoms with Crippen molar-refractivity contribution in [3.63, 3.8) is 0 Å². The number of hydrogen-bond donors (Lipinski definition) is 2. The highest BCUT2D eigenvalue weighted by atomic mass is 32.2. The fourth-order valence-corrected chi connectivity index (χ4v) is 4.31. The molecule has 1 fully saturated rings. The lowest BCUT2D eigenvalue weighted by atomic mass is 10.0. The first-order valence-corrected chi connectivity index (χ1v) is 10.5. The molecule has 1 saturated heterocycles. The Morgan fingerprint density at radius 3 is 2.78 bits per heavy atom. The van der Waals surface area contributed by atoms with E-state index in [0.717, 1.165) is 30.7 Å². The Hall–Kier alpha value is -2.05. The van der Waals surface area contributed by atoms with Gasteiger partial charge in [-0.15, -0.1) is 11.8 Å². The van der Waals surface area contributed by atoms with Gasteiger partial charge in [-0.1, -0.05) is 30.3 Å². The van der Waals surface area contributed by atoms with E-state index in [4.69, 9.17) is 5.73 Å². The van der Waals surface area contributed by atoms with Crippen LogP contribution in [0.1, 0.15) is 25.7 Å². The van der Waals surface area contributed by atoms with Gasteiger partial charge in [0.1, 0.15) is 0 Å². The van der Waals surface area contributed by atoms with Crippen molar-refractivity contribution >= 4 is 34.3 Å². The van der Waals surface area contributed by atoms with Gasteiger partial charge in [0.05, 0.1) is 5.75 Å². The van der Waals surface area contributed by atoms with Gasteiger partial charge in [0.15, 0.2) is 0 Å². The molecule has 1 aliphatic rings. The number of amides is 2. The molecule has 0 aliphatic carbocycles. The molecular weight excluding hydrogens is 358 g/mol. The molecule has 0 saturated carbocycles. The Morgan fingerprint density at radius 1 is 1.15 bits per heavy atom. The molecule has 3 rings (SSSR count). The molecule has 144 valence electrons. The van der Waals surface area contributed by atoms with E-state index >= 15 is 0 Å². The summed E-state index contributed by atoms with van der Waals surface area (Å²) in [5, 5.41) is 5.31. The van der Waals surface area contributed by atoms with Crippen LogP contribution in [0.3, 0.4) is 0 Å². The zero-order valence-corrected chi connectivity index (χ0v) is 16.3. The van der Waals surface area contributed by atoms with E-state index in [1.807, 2.05) is 17.0 Å². The van der Waals surface area contributed by atoms with Crippen LogP contribution in [0, 0.1) is 0 Å². The van der Waals surface area contributed by atoms with Crippen molar-refractivity contribution in [3.05, 3.63) is 42.5 Å². The minimum absolute atomic E-state index is 0.0407. The third-order valence-corrected chi connectivity index (χ3v) is 5.92. The third kappa shape index (κ3) is 5.47. The van der Waals surface area contributed by atoms with Crippen LogP contribution in [-0.4, -0.2) is 48.1 Å². The van der Waals surface area contributed by atoms with E-state index in [0.29, 0.717) is 25.3 Å².